The molecule has 1 aliphatic heterocycles. The number of likely N-dealkylation sites (N-methyl/N-ethyl adjacent to an activating group) is 1. The van der Waals surface area contributed by atoms with Gasteiger partial charge in [0.1, 0.15) is 5.76 Å². The van der Waals surface area contributed by atoms with E-state index in [0.717, 1.165) is 23.1 Å². The van der Waals surface area contributed by atoms with Gasteiger partial charge in [-0.1, -0.05) is 110 Å². The summed E-state index contributed by atoms with van der Waals surface area (Å²) in [6, 6.07) is 25.0. The average Bonchev–Trinajstić information content (AvgIpc) is 3.04. The van der Waals surface area contributed by atoms with Gasteiger partial charge in [0.25, 0.3) is 0 Å². The third-order valence-corrected chi connectivity index (χ3v) is 6.83. The second-order valence-corrected chi connectivity index (χ2v) is 9.84. The third kappa shape index (κ3) is 5.33. The molecule has 3 aromatic rings. The summed E-state index contributed by atoms with van der Waals surface area (Å²) in [5.41, 5.74) is 9.20. The van der Waals surface area contributed by atoms with Crippen molar-refractivity contribution in [3.63, 3.8) is 0 Å². The molecule has 0 aromatic heterocycles. The number of allylic oxidation sites excluding steroid dienone is 7. The van der Waals surface area contributed by atoms with Crippen molar-refractivity contribution < 1.29 is 5.11 Å². The number of hydrogen-bond acceptors (Lipinski definition) is 2. The SMILES string of the molecule is Cc1ccc(/C(O)=C/C(=C\C/C=C/C=C2/N(C)c3ccccc3C2(C)C)c2ccc(C)cc2)cc1. The van der Waals surface area contributed by atoms with Crippen molar-refractivity contribution in [2.75, 3.05) is 11.9 Å². The van der Waals surface area contributed by atoms with Crippen LogP contribution in [0.1, 0.15) is 48.1 Å². The Kier molecular flexibility index (Phi) is 7.12. The lowest BCUT2D eigenvalue weighted by Gasteiger charge is -2.23. The van der Waals surface area contributed by atoms with Crippen LogP contribution in [0, 0.1) is 13.8 Å². The molecule has 35 heavy (non-hydrogen) atoms. The number of aryl methyl sites for hydroxylation is 2. The first-order valence-electron chi connectivity index (χ1n) is 12.2. The Balaban J connectivity index is 1.57. The summed E-state index contributed by atoms with van der Waals surface area (Å²) in [5.74, 6) is 0.273. The zero-order chi connectivity index (χ0) is 25.0. The Bertz CT molecular complexity index is 1300. The van der Waals surface area contributed by atoms with Crippen LogP contribution < -0.4 is 4.90 Å². The number of aliphatic hydroxyl groups is 1. The first-order chi connectivity index (χ1) is 16.8. The van der Waals surface area contributed by atoms with Gasteiger partial charge in [0.15, 0.2) is 0 Å². The van der Waals surface area contributed by atoms with E-state index in [-0.39, 0.29) is 11.2 Å². The lowest BCUT2D eigenvalue weighted by atomic mass is 9.84. The predicted octanol–water partition coefficient (Wildman–Crippen LogP) is 8.54. The van der Waals surface area contributed by atoms with Crippen molar-refractivity contribution in [1.29, 1.82) is 0 Å². The highest BCUT2D eigenvalue weighted by molar-refractivity contribution is 5.81. The molecule has 0 aliphatic carbocycles. The molecule has 178 valence electrons. The van der Waals surface area contributed by atoms with E-state index < -0.39 is 0 Å². The van der Waals surface area contributed by atoms with Crippen molar-refractivity contribution in [2.45, 2.75) is 39.5 Å². The van der Waals surface area contributed by atoms with Crippen molar-refractivity contribution in [1.82, 2.24) is 0 Å². The monoisotopic (exact) mass is 461 g/mol. The van der Waals surface area contributed by atoms with Crippen molar-refractivity contribution in [3.8, 4) is 0 Å². The fourth-order valence-electron chi connectivity index (χ4n) is 4.70. The van der Waals surface area contributed by atoms with Gasteiger partial charge >= 0.3 is 0 Å². The van der Waals surface area contributed by atoms with Gasteiger partial charge in [0, 0.05) is 29.4 Å². The minimum absolute atomic E-state index is 0.0266. The van der Waals surface area contributed by atoms with Crippen LogP contribution in [0.2, 0.25) is 0 Å². The van der Waals surface area contributed by atoms with Crippen molar-refractivity contribution in [2.24, 2.45) is 0 Å². The zero-order valence-corrected chi connectivity index (χ0v) is 21.4. The maximum Gasteiger partial charge on any atom is 0.123 e. The molecule has 4 rings (SSSR count). The van der Waals surface area contributed by atoms with Gasteiger partial charge in [0.2, 0.25) is 0 Å². The fourth-order valence-corrected chi connectivity index (χ4v) is 4.70. The van der Waals surface area contributed by atoms with Gasteiger partial charge in [-0.05, 0) is 55.2 Å². The molecule has 3 aromatic carbocycles. The quantitative estimate of drug-likeness (QED) is 0.294. The van der Waals surface area contributed by atoms with Crippen LogP contribution in [-0.4, -0.2) is 12.2 Å². The van der Waals surface area contributed by atoms with Crippen LogP contribution >= 0.6 is 0 Å². The molecular formula is C33H35NO. The predicted molar refractivity (Wildman–Crippen MR) is 151 cm³/mol. The number of aliphatic hydroxyl groups excluding tert-OH is 1. The Labute approximate surface area is 210 Å². The van der Waals surface area contributed by atoms with Gasteiger partial charge < -0.3 is 10.0 Å². The molecule has 0 radical (unpaired) electrons. The van der Waals surface area contributed by atoms with E-state index in [1.807, 2.05) is 37.3 Å². The van der Waals surface area contributed by atoms with Crippen LogP contribution in [0.4, 0.5) is 5.69 Å². The normalized spacial score (nSPS) is 16.8. The van der Waals surface area contributed by atoms with Gasteiger partial charge in [-0.15, -0.1) is 0 Å². The Morgan fingerprint density at radius 2 is 1.46 bits per heavy atom. The van der Waals surface area contributed by atoms with Crippen LogP contribution in [-0.2, 0) is 5.41 Å². The molecule has 0 unspecified atom stereocenters. The number of anilines is 1. The lowest BCUT2D eigenvalue weighted by Crippen LogP contribution is -2.22. The molecular weight excluding hydrogens is 426 g/mol. The number of nitrogens with zero attached hydrogens (tertiary/aromatic N) is 1. The van der Waals surface area contributed by atoms with Crippen molar-refractivity contribution >= 4 is 17.0 Å². The first kappa shape index (κ1) is 24.3. The van der Waals surface area contributed by atoms with E-state index in [0.29, 0.717) is 0 Å². The molecule has 0 spiro atoms. The molecule has 1 aliphatic rings. The second kappa shape index (κ2) is 10.2. The van der Waals surface area contributed by atoms with E-state index in [4.69, 9.17) is 0 Å². The molecule has 0 atom stereocenters. The summed E-state index contributed by atoms with van der Waals surface area (Å²) in [4.78, 5) is 2.29. The Morgan fingerprint density at radius 3 is 2.09 bits per heavy atom. The van der Waals surface area contributed by atoms with E-state index in [9.17, 15) is 5.11 Å². The molecule has 0 saturated heterocycles. The third-order valence-electron chi connectivity index (χ3n) is 6.83. The number of fused-ring (bicyclic) bond motifs is 1. The Hall–Kier alpha value is -3.78. The van der Waals surface area contributed by atoms with Crippen LogP contribution in [0.3, 0.4) is 0 Å². The standard InChI is InChI=1S/C33H35NO/c1-24-15-19-26(20-16-24)28(23-31(35)27-21-17-25(2)18-22-27)11-7-6-8-14-32-33(3,4)29-12-9-10-13-30(29)34(32)5/h6,8-23,35H,7H2,1-5H3/b8-6+,28-11+,31-23-,32-14+. The summed E-state index contributed by atoms with van der Waals surface area (Å²) in [6.07, 6.45) is 11.3. The van der Waals surface area contributed by atoms with E-state index in [1.165, 1.54) is 28.1 Å². The summed E-state index contributed by atoms with van der Waals surface area (Å²) in [6.45, 7) is 8.70. The fraction of sp³-hybridized carbons (Fsp3) is 0.212. The lowest BCUT2D eigenvalue weighted by molar-refractivity contribution is 0.512. The summed E-state index contributed by atoms with van der Waals surface area (Å²) in [5, 5.41) is 10.8. The Morgan fingerprint density at radius 1 is 0.857 bits per heavy atom. The summed E-state index contributed by atoms with van der Waals surface area (Å²) >= 11 is 0. The number of hydrogen-bond donors (Lipinski definition) is 1. The minimum Gasteiger partial charge on any atom is -0.507 e. The van der Waals surface area contributed by atoms with Gasteiger partial charge in [-0.3, -0.25) is 0 Å². The minimum atomic E-state index is -0.0266. The second-order valence-electron chi connectivity index (χ2n) is 9.84. The first-order valence-corrected chi connectivity index (χ1v) is 12.2. The number of para-hydroxylation sites is 1. The molecule has 0 fully saturated rings. The summed E-state index contributed by atoms with van der Waals surface area (Å²) < 4.78 is 0. The highest BCUT2D eigenvalue weighted by Gasteiger charge is 2.37. The zero-order valence-electron chi connectivity index (χ0n) is 21.4. The molecule has 2 heteroatoms. The number of benzene rings is 3. The van der Waals surface area contributed by atoms with E-state index >= 15 is 0 Å². The van der Waals surface area contributed by atoms with Crippen molar-refractivity contribution in [3.05, 3.63) is 137 Å². The highest BCUT2D eigenvalue weighted by Crippen LogP contribution is 2.46. The van der Waals surface area contributed by atoms with Gasteiger partial charge in [-0.25, -0.2) is 0 Å². The summed E-state index contributed by atoms with van der Waals surface area (Å²) in [7, 11) is 2.14. The maximum absolute atomic E-state index is 10.8. The highest BCUT2D eigenvalue weighted by atomic mass is 16.3. The molecule has 2 nitrogen and oxygen atoms in total. The van der Waals surface area contributed by atoms with Crippen LogP contribution in [0.5, 0.6) is 0 Å². The molecule has 0 amide bonds. The molecule has 1 heterocycles. The number of rotatable bonds is 6. The van der Waals surface area contributed by atoms with Crippen LogP contribution in [0.15, 0.2) is 109 Å². The smallest absolute Gasteiger partial charge is 0.123 e. The molecule has 0 saturated carbocycles. The molecule has 1 N–H and O–H groups in total. The topological polar surface area (TPSA) is 23.5 Å². The van der Waals surface area contributed by atoms with E-state index in [1.54, 1.807) is 0 Å². The average molecular weight is 462 g/mol. The van der Waals surface area contributed by atoms with Gasteiger partial charge in [-0.2, -0.15) is 0 Å². The molecule has 0 bridgehead atoms. The largest absolute Gasteiger partial charge is 0.507 e. The van der Waals surface area contributed by atoms with Crippen LogP contribution in [0.25, 0.3) is 11.3 Å². The van der Waals surface area contributed by atoms with E-state index in [2.05, 4.69) is 106 Å². The maximum atomic E-state index is 10.8. The van der Waals surface area contributed by atoms with Gasteiger partial charge in [0.05, 0.1) is 0 Å².